The number of rotatable bonds is 2. The number of benzene rings is 1. The molecule has 84 valence electrons. The molecule has 0 amide bonds. The minimum atomic E-state index is 0.0378. The molecule has 0 aromatic heterocycles. The lowest BCUT2D eigenvalue weighted by Crippen LogP contribution is -2.38. The minimum Gasteiger partial charge on any atom is -0.371 e. The zero-order valence-corrected chi connectivity index (χ0v) is 9.78. The van der Waals surface area contributed by atoms with E-state index in [4.69, 9.17) is 22.8 Å². The van der Waals surface area contributed by atoms with Gasteiger partial charge >= 0.3 is 0 Å². The van der Waals surface area contributed by atoms with E-state index in [1.165, 1.54) is 0 Å². The van der Waals surface area contributed by atoms with Gasteiger partial charge in [0.05, 0.1) is 19.3 Å². The van der Waals surface area contributed by atoms with Crippen molar-refractivity contribution in [1.82, 2.24) is 4.90 Å². The molecule has 1 aromatic rings. The van der Waals surface area contributed by atoms with Crippen molar-refractivity contribution in [3.05, 3.63) is 34.9 Å². The van der Waals surface area contributed by atoms with Gasteiger partial charge in [0.2, 0.25) is 0 Å². The standard InChI is InChI=1S/C13H14ClNO/c1-2-7-15-8-9-16-13(10-15)11-5-3-4-6-12(11)14/h1,3-6,13H,7-10H2. The van der Waals surface area contributed by atoms with Crippen molar-refractivity contribution in [1.29, 1.82) is 0 Å². The van der Waals surface area contributed by atoms with Crippen molar-refractivity contribution < 1.29 is 4.74 Å². The predicted molar refractivity (Wildman–Crippen MR) is 65.4 cm³/mol. The van der Waals surface area contributed by atoms with Gasteiger partial charge in [0.25, 0.3) is 0 Å². The smallest absolute Gasteiger partial charge is 0.0967 e. The number of terminal acetylenes is 1. The molecule has 1 aliphatic rings. The lowest BCUT2D eigenvalue weighted by Gasteiger charge is -2.32. The number of halogens is 1. The van der Waals surface area contributed by atoms with E-state index in [0.29, 0.717) is 13.2 Å². The van der Waals surface area contributed by atoms with Gasteiger partial charge in [-0.15, -0.1) is 6.42 Å². The molecule has 3 heteroatoms. The average Bonchev–Trinajstić information content (AvgIpc) is 2.30. The molecule has 1 fully saturated rings. The van der Waals surface area contributed by atoms with Gasteiger partial charge in [-0.2, -0.15) is 0 Å². The highest BCUT2D eigenvalue weighted by molar-refractivity contribution is 6.31. The van der Waals surface area contributed by atoms with E-state index in [2.05, 4.69) is 10.8 Å². The Bertz CT molecular complexity index is 399. The molecule has 0 N–H and O–H groups in total. The third-order valence-corrected chi connectivity index (χ3v) is 3.06. The highest BCUT2D eigenvalue weighted by Gasteiger charge is 2.22. The molecule has 1 atom stereocenters. The topological polar surface area (TPSA) is 12.5 Å². The van der Waals surface area contributed by atoms with Crippen LogP contribution in [-0.4, -0.2) is 31.1 Å². The molecule has 2 rings (SSSR count). The molecule has 1 unspecified atom stereocenters. The maximum absolute atomic E-state index is 6.14. The fourth-order valence-corrected chi connectivity index (χ4v) is 2.16. The third-order valence-electron chi connectivity index (χ3n) is 2.72. The van der Waals surface area contributed by atoms with E-state index < -0.39 is 0 Å². The second-order valence-corrected chi connectivity index (χ2v) is 4.23. The summed E-state index contributed by atoms with van der Waals surface area (Å²) < 4.78 is 5.73. The van der Waals surface area contributed by atoms with Crippen molar-refractivity contribution in [2.24, 2.45) is 0 Å². The zero-order valence-electron chi connectivity index (χ0n) is 9.03. The Morgan fingerprint density at radius 2 is 2.31 bits per heavy atom. The lowest BCUT2D eigenvalue weighted by atomic mass is 10.1. The average molecular weight is 236 g/mol. The molecule has 16 heavy (non-hydrogen) atoms. The van der Waals surface area contributed by atoms with Crippen LogP contribution >= 0.6 is 11.6 Å². The first kappa shape index (κ1) is 11.5. The van der Waals surface area contributed by atoms with Gasteiger partial charge in [-0.1, -0.05) is 35.7 Å². The van der Waals surface area contributed by atoms with Gasteiger partial charge in [0.1, 0.15) is 0 Å². The van der Waals surface area contributed by atoms with Gasteiger partial charge in [-0.25, -0.2) is 0 Å². The normalized spacial score (nSPS) is 21.6. The third kappa shape index (κ3) is 2.56. The monoisotopic (exact) mass is 235 g/mol. The molecule has 1 aliphatic heterocycles. The largest absolute Gasteiger partial charge is 0.371 e. The number of morpholine rings is 1. The molecule has 1 aromatic carbocycles. The van der Waals surface area contributed by atoms with Gasteiger partial charge in [0, 0.05) is 23.7 Å². The molecule has 0 spiro atoms. The second-order valence-electron chi connectivity index (χ2n) is 3.82. The zero-order chi connectivity index (χ0) is 11.4. The van der Waals surface area contributed by atoms with Crippen molar-refractivity contribution in [2.75, 3.05) is 26.2 Å². The van der Waals surface area contributed by atoms with Crippen LogP contribution in [0.1, 0.15) is 11.7 Å². The van der Waals surface area contributed by atoms with Crippen LogP contribution in [-0.2, 0) is 4.74 Å². The predicted octanol–water partition coefficient (Wildman–Crippen LogP) is 2.35. The van der Waals surface area contributed by atoms with Gasteiger partial charge < -0.3 is 4.74 Å². The van der Waals surface area contributed by atoms with Crippen LogP contribution in [0.25, 0.3) is 0 Å². The van der Waals surface area contributed by atoms with E-state index in [1.54, 1.807) is 0 Å². The summed E-state index contributed by atoms with van der Waals surface area (Å²) in [5.74, 6) is 2.66. The summed E-state index contributed by atoms with van der Waals surface area (Å²) >= 11 is 6.14. The molecule has 2 nitrogen and oxygen atoms in total. The van der Waals surface area contributed by atoms with Crippen LogP contribution < -0.4 is 0 Å². The summed E-state index contributed by atoms with van der Waals surface area (Å²) in [7, 11) is 0. The summed E-state index contributed by atoms with van der Waals surface area (Å²) in [6.07, 6.45) is 5.35. The fraction of sp³-hybridized carbons (Fsp3) is 0.385. The van der Waals surface area contributed by atoms with Crippen LogP contribution in [0.5, 0.6) is 0 Å². The fourth-order valence-electron chi connectivity index (χ4n) is 1.90. The van der Waals surface area contributed by atoms with Crippen LogP contribution in [0, 0.1) is 12.3 Å². The Morgan fingerprint density at radius 3 is 3.06 bits per heavy atom. The number of ether oxygens (including phenoxy) is 1. The summed E-state index contributed by atoms with van der Waals surface area (Å²) in [6, 6.07) is 7.80. The van der Waals surface area contributed by atoms with Crippen molar-refractivity contribution in [2.45, 2.75) is 6.10 Å². The molecule has 0 saturated carbocycles. The van der Waals surface area contributed by atoms with E-state index in [0.717, 1.165) is 23.7 Å². The van der Waals surface area contributed by atoms with E-state index in [1.807, 2.05) is 24.3 Å². The number of nitrogens with zero attached hydrogens (tertiary/aromatic N) is 1. The lowest BCUT2D eigenvalue weighted by molar-refractivity contribution is -0.0253. The summed E-state index contributed by atoms with van der Waals surface area (Å²) in [6.45, 7) is 3.08. The highest BCUT2D eigenvalue weighted by atomic mass is 35.5. The first-order valence-corrected chi connectivity index (χ1v) is 5.71. The first-order valence-electron chi connectivity index (χ1n) is 5.33. The summed E-state index contributed by atoms with van der Waals surface area (Å²) in [5, 5.41) is 0.759. The SMILES string of the molecule is C#CCN1CCOC(c2ccccc2Cl)C1. The molecule has 1 saturated heterocycles. The van der Waals surface area contributed by atoms with Gasteiger partial charge in [0.15, 0.2) is 0 Å². The Hall–Kier alpha value is -1.01. The Labute approximate surface area is 101 Å². The van der Waals surface area contributed by atoms with Crippen LogP contribution in [0.4, 0.5) is 0 Å². The van der Waals surface area contributed by atoms with Gasteiger partial charge in [-0.05, 0) is 6.07 Å². The summed E-state index contributed by atoms with van der Waals surface area (Å²) in [4.78, 5) is 2.21. The summed E-state index contributed by atoms with van der Waals surface area (Å²) in [5.41, 5.74) is 1.05. The van der Waals surface area contributed by atoms with Gasteiger partial charge in [-0.3, -0.25) is 4.90 Å². The maximum Gasteiger partial charge on any atom is 0.0967 e. The van der Waals surface area contributed by atoms with E-state index in [9.17, 15) is 0 Å². The van der Waals surface area contributed by atoms with Crippen molar-refractivity contribution in [3.63, 3.8) is 0 Å². The number of hydrogen-bond donors (Lipinski definition) is 0. The minimum absolute atomic E-state index is 0.0378. The highest BCUT2D eigenvalue weighted by Crippen LogP contribution is 2.27. The maximum atomic E-state index is 6.14. The first-order chi connectivity index (χ1) is 7.81. The van der Waals surface area contributed by atoms with Crippen LogP contribution in [0.2, 0.25) is 5.02 Å². The van der Waals surface area contributed by atoms with Crippen LogP contribution in [0.15, 0.2) is 24.3 Å². The Balaban J connectivity index is 2.10. The van der Waals surface area contributed by atoms with Crippen LogP contribution in [0.3, 0.4) is 0 Å². The number of hydrogen-bond acceptors (Lipinski definition) is 2. The Morgan fingerprint density at radius 1 is 1.50 bits per heavy atom. The quantitative estimate of drug-likeness (QED) is 0.730. The van der Waals surface area contributed by atoms with E-state index >= 15 is 0 Å². The molecule has 0 radical (unpaired) electrons. The molecule has 0 aliphatic carbocycles. The Kier molecular flexibility index (Phi) is 3.84. The van der Waals surface area contributed by atoms with Crippen molar-refractivity contribution in [3.8, 4) is 12.3 Å². The van der Waals surface area contributed by atoms with Crippen molar-refractivity contribution >= 4 is 11.6 Å². The molecule has 1 heterocycles. The molecular weight excluding hydrogens is 222 g/mol. The molecule has 0 bridgehead atoms. The molecular formula is C13H14ClNO. The van der Waals surface area contributed by atoms with E-state index in [-0.39, 0.29) is 6.10 Å². The second kappa shape index (κ2) is 5.36.